The highest BCUT2D eigenvalue weighted by Gasteiger charge is 2.40. The number of rotatable bonds is 4. The number of hydrogen-bond acceptors (Lipinski definition) is 5. The fourth-order valence-electron chi connectivity index (χ4n) is 5.53. The van der Waals surface area contributed by atoms with Gasteiger partial charge in [0.25, 0.3) is 5.91 Å². The Kier molecular flexibility index (Phi) is 4.87. The van der Waals surface area contributed by atoms with Crippen molar-refractivity contribution in [2.24, 2.45) is 11.8 Å². The van der Waals surface area contributed by atoms with Crippen molar-refractivity contribution in [2.75, 3.05) is 26.2 Å². The number of benzene rings is 1. The molecule has 3 atom stereocenters. The smallest absolute Gasteiger partial charge is 0.255 e. The number of hydrogen-bond donors (Lipinski definition) is 2. The Bertz CT molecular complexity index is 848. The van der Waals surface area contributed by atoms with Gasteiger partial charge in [-0.2, -0.15) is 0 Å². The first-order valence-electron chi connectivity index (χ1n) is 10.8. The number of nitrogens with zero attached hydrogens (tertiary/aromatic N) is 2. The molecule has 5 rings (SSSR count). The van der Waals surface area contributed by atoms with Crippen LogP contribution in [0, 0.1) is 11.8 Å². The molecule has 0 radical (unpaired) electrons. The van der Waals surface area contributed by atoms with Crippen LogP contribution in [-0.2, 0) is 22.7 Å². The summed E-state index contributed by atoms with van der Waals surface area (Å²) in [5.74, 6) is 0.859. The minimum atomic E-state index is -0.550. The van der Waals surface area contributed by atoms with Crippen molar-refractivity contribution >= 4 is 17.7 Å². The fourth-order valence-corrected chi connectivity index (χ4v) is 5.53. The van der Waals surface area contributed by atoms with E-state index in [-0.39, 0.29) is 24.1 Å². The summed E-state index contributed by atoms with van der Waals surface area (Å²) in [4.78, 5) is 41.1. The summed E-state index contributed by atoms with van der Waals surface area (Å²) in [6, 6.07) is 5.50. The summed E-state index contributed by atoms with van der Waals surface area (Å²) in [6.45, 7) is 5.69. The summed E-state index contributed by atoms with van der Waals surface area (Å²) < 4.78 is 0. The lowest BCUT2D eigenvalue weighted by Crippen LogP contribution is -2.52. The van der Waals surface area contributed by atoms with Crippen LogP contribution in [-0.4, -0.2) is 59.7 Å². The summed E-state index contributed by atoms with van der Waals surface area (Å²) in [5, 5.41) is 5.85. The maximum absolute atomic E-state index is 13.2. The molecule has 0 bridgehead atoms. The minimum absolute atomic E-state index is 0.0687. The van der Waals surface area contributed by atoms with Crippen LogP contribution in [0.15, 0.2) is 18.2 Å². The van der Waals surface area contributed by atoms with Gasteiger partial charge >= 0.3 is 0 Å². The predicted octanol–water partition coefficient (Wildman–Crippen LogP) is 0.879. The van der Waals surface area contributed by atoms with E-state index < -0.39 is 6.04 Å². The van der Waals surface area contributed by atoms with Gasteiger partial charge in [0.15, 0.2) is 0 Å². The van der Waals surface area contributed by atoms with Gasteiger partial charge in [0.05, 0.1) is 0 Å². The van der Waals surface area contributed by atoms with Gasteiger partial charge in [-0.25, -0.2) is 0 Å². The van der Waals surface area contributed by atoms with E-state index in [1.807, 2.05) is 12.1 Å². The number of imide groups is 1. The van der Waals surface area contributed by atoms with Gasteiger partial charge in [-0.3, -0.25) is 24.6 Å². The van der Waals surface area contributed by atoms with Crippen molar-refractivity contribution in [3.8, 4) is 0 Å². The third-order valence-corrected chi connectivity index (χ3v) is 7.11. The van der Waals surface area contributed by atoms with E-state index in [2.05, 4.69) is 21.6 Å². The van der Waals surface area contributed by atoms with Crippen molar-refractivity contribution in [2.45, 2.75) is 44.8 Å². The van der Waals surface area contributed by atoms with Crippen molar-refractivity contribution < 1.29 is 14.4 Å². The zero-order valence-corrected chi connectivity index (χ0v) is 16.7. The van der Waals surface area contributed by atoms with Gasteiger partial charge in [-0.05, 0) is 61.9 Å². The molecule has 29 heavy (non-hydrogen) atoms. The largest absolute Gasteiger partial charge is 0.322 e. The van der Waals surface area contributed by atoms with Gasteiger partial charge in [-0.15, -0.1) is 0 Å². The van der Waals surface area contributed by atoms with Gasteiger partial charge in [0.2, 0.25) is 11.8 Å². The van der Waals surface area contributed by atoms with Crippen molar-refractivity contribution in [1.29, 1.82) is 0 Å². The second kappa shape index (κ2) is 7.54. The zero-order chi connectivity index (χ0) is 20.0. The maximum atomic E-state index is 13.2. The molecule has 1 aromatic carbocycles. The molecule has 3 amide bonds. The third kappa shape index (κ3) is 3.46. The Labute approximate surface area is 170 Å². The number of nitrogens with one attached hydrogen (secondary N) is 2. The van der Waals surface area contributed by atoms with Crippen LogP contribution in [0.25, 0.3) is 0 Å². The average Bonchev–Trinajstić information content (AvgIpc) is 3.43. The van der Waals surface area contributed by atoms with Crippen LogP contribution in [0.3, 0.4) is 0 Å². The molecule has 3 unspecified atom stereocenters. The molecule has 0 aliphatic carbocycles. The van der Waals surface area contributed by atoms with Crippen LogP contribution >= 0.6 is 0 Å². The monoisotopic (exact) mass is 396 g/mol. The lowest BCUT2D eigenvalue weighted by Gasteiger charge is -2.29. The molecule has 4 aliphatic rings. The Hall–Kier alpha value is -2.25. The molecule has 0 spiro atoms. The second-order valence-corrected chi connectivity index (χ2v) is 8.89. The molecular formula is C22H28N4O3. The Morgan fingerprint density at radius 1 is 1.07 bits per heavy atom. The summed E-state index contributed by atoms with van der Waals surface area (Å²) in [7, 11) is 0. The van der Waals surface area contributed by atoms with E-state index in [4.69, 9.17) is 0 Å². The molecular weight excluding hydrogens is 368 g/mol. The second-order valence-electron chi connectivity index (χ2n) is 8.89. The molecule has 3 saturated heterocycles. The summed E-state index contributed by atoms with van der Waals surface area (Å²) in [6.07, 6.45) is 3.20. The van der Waals surface area contributed by atoms with Crippen LogP contribution in [0.1, 0.15) is 47.2 Å². The number of piperidine rings is 1. The molecule has 1 aromatic rings. The minimum Gasteiger partial charge on any atom is -0.322 e. The predicted molar refractivity (Wildman–Crippen MR) is 107 cm³/mol. The molecule has 3 fully saturated rings. The van der Waals surface area contributed by atoms with Crippen LogP contribution in [0.2, 0.25) is 0 Å². The highest BCUT2D eigenvalue weighted by Crippen LogP contribution is 2.33. The van der Waals surface area contributed by atoms with Crippen LogP contribution < -0.4 is 10.6 Å². The van der Waals surface area contributed by atoms with Crippen LogP contribution in [0.4, 0.5) is 0 Å². The Morgan fingerprint density at radius 2 is 1.97 bits per heavy atom. The molecule has 0 saturated carbocycles. The molecule has 4 heterocycles. The molecule has 2 N–H and O–H groups in total. The topological polar surface area (TPSA) is 81.8 Å². The molecule has 0 aromatic heterocycles. The van der Waals surface area contributed by atoms with Gasteiger partial charge in [0, 0.05) is 31.6 Å². The maximum Gasteiger partial charge on any atom is 0.255 e. The molecule has 154 valence electrons. The zero-order valence-electron chi connectivity index (χ0n) is 16.7. The molecule has 7 heteroatoms. The lowest BCUT2D eigenvalue weighted by atomic mass is 9.91. The number of amides is 3. The van der Waals surface area contributed by atoms with E-state index in [0.29, 0.717) is 13.0 Å². The van der Waals surface area contributed by atoms with E-state index in [1.54, 1.807) is 4.90 Å². The van der Waals surface area contributed by atoms with E-state index in [0.717, 1.165) is 61.2 Å². The first kappa shape index (κ1) is 18.8. The fraction of sp³-hybridized carbons (Fsp3) is 0.591. The number of likely N-dealkylation sites (tertiary alicyclic amines) is 1. The Morgan fingerprint density at radius 3 is 2.76 bits per heavy atom. The Balaban J connectivity index is 1.30. The van der Waals surface area contributed by atoms with E-state index in [9.17, 15) is 14.4 Å². The van der Waals surface area contributed by atoms with E-state index in [1.165, 1.54) is 12.8 Å². The quantitative estimate of drug-likeness (QED) is 0.739. The van der Waals surface area contributed by atoms with Crippen molar-refractivity contribution in [3.05, 3.63) is 34.9 Å². The SMILES string of the molecule is O=C1CCC(N2Cc3cccc(CN4CCC(C5CCNC5)C4)c3C2=O)C(=O)N1. The first-order valence-corrected chi connectivity index (χ1v) is 10.8. The number of carbonyl (C=O) groups excluding carboxylic acids is 3. The van der Waals surface area contributed by atoms with E-state index >= 15 is 0 Å². The number of carbonyl (C=O) groups is 3. The number of fused-ring (bicyclic) bond motifs is 1. The van der Waals surface area contributed by atoms with Gasteiger partial charge in [-0.1, -0.05) is 18.2 Å². The van der Waals surface area contributed by atoms with Crippen molar-refractivity contribution in [3.63, 3.8) is 0 Å². The first-order chi connectivity index (χ1) is 14.1. The van der Waals surface area contributed by atoms with Gasteiger partial charge < -0.3 is 10.2 Å². The normalized spacial score (nSPS) is 30.1. The van der Waals surface area contributed by atoms with Crippen LogP contribution in [0.5, 0.6) is 0 Å². The highest BCUT2D eigenvalue weighted by atomic mass is 16.2. The lowest BCUT2D eigenvalue weighted by molar-refractivity contribution is -0.136. The van der Waals surface area contributed by atoms with Crippen molar-refractivity contribution in [1.82, 2.24) is 20.4 Å². The molecule has 4 aliphatic heterocycles. The van der Waals surface area contributed by atoms with Gasteiger partial charge in [0.1, 0.15) is 6.04 Å². The highest BCUT2D eigenvalue weighted by molar-refractivity contribution is 6.05. The standard InChI is InChI=1S/C22H28N4O3/c27-19-5-4-18(21(28)24-19)26-13-17-3-1-2-16(20(17)22(26)29)12-25-9-7-15(11-25)14-6-8-23-10-14/h1-3,14-15,18,23H,4-13H2,(H,24,27,28). The molecule has 7 nitrogen and oxygen atoms in total. The third-order valence-electron chi connectivity index (χ3n) is 7.11. The average molecular weight is 396 g/mol. The summed E-state index contributed by atoms with van der Waals surface area (Å²) >= 11 is 0. The summed E-state index contributed by atoms with van der Waals surface area (Å²) in [5.41, 5.74) is 2.82.